The molecule has 0 bridgehead atoms. The Balaban J connectivity index is 2.11. The fraction of sp³-hybridized carbons (Fsp3) is 0.562. The third-order valence-corrected chi connectivity index (χ3v) is 3.55. The van der Waals surface area contributed by atoms with Gasteiger partial charge in [0, 0.05) is 19.5 Å². The van der Waals surface area contributed by atoms with E-state index in [1.54, 1.807) is 0 Å². The SMILES string of the molecule is CC1CN(c2ccccc2NC(=O)CCCN)CC(C)O1. The van der Waals surface area contributed by atoms with Gasteiger partial charge in [0.15, 0.2) is 0 Å². The van der Waals surface area contributed by atoms with Crippen LogP contribution in [0.3, 0.4) is 0 Å². The number of hydrogen-bond acceptors (Lipinski definition) is 4. The number of carbonyl (C=O) groups is 1. The van der Waals surface area contributed by atoms with Gasteiger partial charge in [0.2, 0.25) is 5.91 Å². The van der Waals surface area contributed by atoms with Crippen molar-refractivity contribution in [3.8, 4) is 0 Å². The minimum absolute atomic E-state index is 0.0160. The van der Waals surface area contributed by atoms with E-state index in [0.29, 0.717) is 19.4 Å². The Labute approximate surface area is 126 Å². The van der Waals surface area contributed by atoms with E-state index in [4.69, 9.17) is 10.5 Å². The van der Waals surface area contributed by atoms with Crippen LogP contribution < -0.4 is 16.0 Å². The van der Waals surface area contributed by atoms with Crippen LogP contribution in [0, 0.1) is 0 Å². The summed E-state index contributed by atoms with van der Waals surface area (Å²) in [5, 5.41) is 3.00. The van der Waals surface area contributed by atoms with E-state index in [0.717, 1.165) is 24.5 Å². The Morgan fingerprint density at radius 1 is 1.33 bits per heavy atom. The van der Waals surface area contributed by atoms with Crippen molar-refractivity contribution in [3.05, 3.63) is 24.3 Å². The molecule has 116 valence electrons. The molecule has 0 aliphatic carbocycles. The third kappa shape index (κ3) is 4.44. The zero-order chi connectivity index (χ0) is 15.2. The number of nitrogens with zero attached hydrogens (tertiary/aromatic N) is 1. The number of benzene rings is 1. The Hall–Kier alpha value is -1.59. The van der Waals surface area contributed by atoms with Gasteiger partial charge in [-0.25, -0.2) is 0 Å². The first kappa shape index (κ1) is 15.8. The third-order valence-electron chi connectivity index (χ3n) is 3.55. The number of morpholine rings is 1. The quantitative estimate of drug-likeness (QED) is 0.870. The van der Waals surface area contributed by atoms with Crippen molar-refractivity contribution in [2.45, 2.75) is 38.9 Å². The molecule has 0 aromatic heterocycles. The van der Waals surface area contributed by atoms with Crippen LogP contribution in [-0.4, -0.2) is 37.7 Å². The number of amides is 1. The van der Waals surface area contributed by atoms with Crippen molar-refractivity contribution >= 4 is 17.3 Å². The van der Waals surface area contributed by atoms with Crippen LogP contribution in [0.4, 0.5) is 11.4 Å². The summed E-state index contributed by atoms with van der Waals surface area (Å²) in [7, 11) is 0. The van der Waals surface area contributed by atoms with Crippen molar-refractivity contribution in [3.63, 3.8) is 0 Å². The number of hydrogen-bond donors (Lipinski definition) is 2. The van der Waals surface area contributed by atoms with Gasteiger partial charge in [-0.15, -0.1) is 0 Å². The summed E-state index contributed by atoms with van der Waals surface area (Å²) in [5.41, 5.74) is 7.36. The van der Waals surface area contributed by atoms with Gasteiger partial charge in [0.05, 0.1) is 23.6 Å². The standard InChI is InChI=1S/C16H25N3O2/c1-12-10-19(11-13(2)21-12)15-7-4-3-6-14(15)18-16(20)8-5-9-17/h3-4,6-7,12-13H,5,8-11,17H2,1-2H3,(H,18,20). The van der Waals surface area contributed by atoms with Crippen LogP contribution in [0.1, 0.15) is 26.7 Å². The number of rotatable bonds is 5. The van der Waals surface area contributed by atoms with E-state index in [1.165, 1.54) is 0 Å². The van der Waals surface area contributed by atoms with Crippen LogP contribution in [0.15, 0.2) is 24.3 Å². The summed E-state index contributed by atoms with van der Waals surface area (Å²) in [4.78, 5) is 14.2. The first-order valence-corrected chi connectivity index (χ1v) is 7.59. The molecule has 21 heavy (non-hydrogen) atoms. The van der Waals surface area contributed by atoms with Gasteiger partial charge in [-0.3, -0.25) is 4.79 Å². The van der Waals surface area contributed by atoms with E-state index in [-0.39, 0.29) is 18.1 Å². The smallest absolute Gasteiger partial charge is 0.224 e. The minimum Gasteiger partial charge on any atom is -0.372 e. The summed E-state index contributed by atoms with van der Waals surface area (Å²) in [5.74, 6) is 0.0160. The highest BCUT2D eigenvalue weighted by Crippen LogP contribution is 2.28. The molecule has 1 saturated heterocycles. The second kappa shape index (κ2) is 7.43. The molecular weight excluding hydrogens is 266 g/mol. The average Bonchev–Trinajstić information content (AvgIpc) is 2.44. The summed E-state index contributed by atoms with van der Waals surface area (Å²) >= 11 is 0. The fourth-order valence-corrected chi connectivity index (χ4v) is 2.71. The van der Waals surface area contributed by atoms with Gasteiger partial charge in [-0.05, 0) is 38.9 Å². The highest BCUT2D eigenvalue weighted by atomic mass is 16.5. The molecule has 1 aliphatic heterocycles. The fourth-order valence-electron chi connectivity index (χ4n) is 2.71. The molecule has 5 heteroatoms. The lowest BCUT2D eigenvalue weighted by Gasteiger charge is -2.37. The number of anilines is 2. The van der Waals surface area contributed by atoms with Gasteiger partial charge in [-0.2, -0.15) is 0 Å². The van der Waals surface area contributed by atoms with E-state index in [1.807, 2.05) is 24.3 Å². The molecule has 0 saturated carbocycles. The highest BCUT2D eigenvalue weighted by Gasteiger charge is 2.24. The number of para-hydroxylation sites is 2. The second-order valence-corrected chi connectivity index (χ2v) is 5.62. The normalized spacial score (nSPS) is 22.1. The zero-order valence-corrected chi connectivity index (χ0v) is 12.8. The van der Waals surface area contributed by atoms with Crippen LogP contribution in [-0.2, 0) is 9.53 Å². The molecule has 5 nitrogen and oxygen atoms in total. The lowest BCUT2D eigenvalue weighted by Crippen LogP contribution is -2.45. The second-order valence-electron chi connectivity index (χ2n) is 5.62. The van der Waals surface area contributed by atoms with Crippen molar-refractivity contribution in [1.82, 2.24) is 0 Å². The highest BCUT2D eigenvalue weighted by molar-refractivity contribution is 5.94. The molecule has 1 amide bonds. The number of nitrogens with two attached hydrogens (primary N) is 1. The molecule has 1 aliphatic rings. The summed E-state index contributed by atoms with van der Waals surface area (Å²) in [6.45, 7) is 6.35. The maximum Gasteiger partial charge on any atom is 0.224 e. The van der Waals surface area contributed by atoms with Gasteiger partial charge < -0.3 is 20.7 Å². The lowest BCUT2D eigenvalue weighted by molar-refractivity contribution is -0.116. The predicted molar refractivity (Wildman–Crippen MR) is 85.6 cm³/mol. The molecule has 1 heterocycles. The van der Waals surface area contributed by atoms with Gasteiger partial charge in [0.1, 0.15) is 0 Å². The lowest BCUT2D eigenvalue weighted by atomic mass is 10.1. The van der Waals surface area contributed by atoms with E-state index < -0.39 is 0 Å². The number of carbonyl (C=O) groups excluding carboxylic acids is 1. The van der Waals surface area contributed by atoms with Gasteiger partial charge in [0.25, 0.3) is 0 Å². The molecule has 1 aromatic carbocycles. The van der Waals surface area contributed by atoms with Crippen molar-refractivity contribution < 1.29 is 9.53 Å². The van der Waals surface area contributed by atoms with Crippen LogP contribution >= 0.6 is 0 Å². The Morgan fingerprint density at radius 3 is 2.67 bits per heavy atom. The maximum absolute atomic E-state index is 11.9. The number of ether oxygens (including phenoxy) is 1. The van der Waals surface area contributed by atoms with E-state index in [9.17, 15) is 4.79 Å². The Bertz CT molecular complexity index is 468. The van der Waals surface area contributed by atoms with E-state index in [2.05, 4.69) is 24.1 Å². The van der Waals surface area contributed by atoms with Gasteiger partial charge >= 0.3 is 0 Å². The van der Waals surface area contributed by atoms with E-state index >= 15 is 0 Å². The largest absolute Gasteiger partial charge is 0.372 e. The molecule has 3 N–H and O–H groups in total. The van der Waals surface area contributed by atoms with Crippen LogP contribution in [0.2, 0.25) is 0 Å². The average molecular weight is 291 g/mol. The molecule has 2 rings (SSSR count). The van der Waals surface area contributed by atoms with Gasteiger partial charge in [-0.1, -0.05) is 12.1 Å². The summed E-state index contributed by atoms with van der Waals surface area (Å²) < 4.78 is 5.77. The number of nitrogens with one attached hydrogen (secondary N) is 1. The van der Waals surface area contributed by atoms with Crippen molar-refractivity contribution in [1.29, 1.82) is 0 Å². The van der Waals surface area contributed by atoms with Crippen molar-refractivity contribution in [2.75, 3.05) is 29.9 Å². The molecular formula is C16H25N3O2. The topological polar surface area (TPSA) is 67.6 Å². The first-order valence-electron chi connectivity index (χ1n) is 7.59. The molecule has 2 unspecified atom stereocenters. The van der Waals surface area contributed by atoms with Crippen molar-refractivity contribution in [2.24, 2.45) is 5.73 Å². The zero-order valence-electron chi connectivity index (χ0n) is 12.8. The molecule has 0 radical (unpaired) electrons. The first-order chi connectivity index (χ1) is 10.1. The Morgan fingerprint density at radius 2 is 2.00 bits per heavy atom. The minimum atomic E-state index is 0.0160. The summed E-state index contributed by atoms with van der Waals surface area (Å²) in [6, 6.07) is 7.93. The maximum atomic E-state index is 11.9. The Kier molecular flexibility index (Phi) is 5.59. The monoisotopic (exact) mass is 291 g/mol. The van der Waals surface area contributed by atoms with Crippen LogP contribution in [0.5, 0.6) is 0 Å². The van der Waals surface area contributed by atoms with Crippen LogP contribution in [0.25, 0.3) is 0 Å². The molecule has 1 aromatic rings. The molecule has 1 fully saturated rings. The predicted octanol–water partition coefficient (Wildman–Crippen LogP) is 1.98. The molecule has 0 spiro atoms. The molecule has 2 atom stereocenters. The summed E-state index contributed by atoms with van der Waals surface area (Å²) in [6.07, 6.45) is 1.55.